The Morgan fingerprint density at radius 1 is 1.10 bits per heavy atom. The van der Waals surface area contributed by atoms with Crippen molar-refractivity contribution in [3.8, 4) is 16.8 Å². The molecule has 1 atom stereocenters. The van der Waals surface area contributed by atoms with Crippen molar-refractivity contribution in [2.75, 3.05) is 12.8 Å². The second-order valence-electron chi connectivity index (χ2n) is 6.71. The minimum absolute atomic E-state index is 0.129. The van der Waals surface area contributed by atoms with E-state index < -0.39 is 6.04 Å². The summed E-state index contributed by atoms with van der Waals surface area (Å²) in [7, 11) is 1.35. The minimum atomic E-state index is -0.421. The first-order valence-corrected chi connectivity index (χ1v) is 9.18. The van der Waals surface area contributed by atoms with E-state index in [2.05, 4.69) is 9.97 Å². The minimum Gasteiger partial charge on any atom is -0.469 e. The average Bonchev–Trinajstić information content (AvgIpc) is 3.15. The van der Waals surface area contributed by atoms with Crippen molar-refractivity contribution < 1.29 is 9.53 Å². The summed E-state index contributed by atoms with van der Waals surface area (Å²) >= 11 is 0. The van der Waals surface area contributed by atoms with Gasteiger partial charge in [0.2, 0.25) is 0 Å². The van der Waals surface area contributed by atoms with Gasteiger partial charge in [-0.25, -0.2) is 9.97 Å². The Morgan fingerprint density at radius 2 is 1.83 bits per heavy atom. The smallest absolute Gasteiger partial charge is 0.307 e. The number of anilines is 1. The molecule has 146 valence electrons. The van der Waals surface area contributed by atoms with E-state index in [4.69, 9.17) is 16.2 Å². The van der Waals surface area contributed by atoms with Crippen LogP contribution in [0.3, 0.4) is 0 Å². The number of para-hydroxylation sites is 1. The summed E-state index contributed by atoms with van der Waals surface area (Å²) < 4.78 is 6.69. The number of hydrogen-bond donors (Lipinski definition) is 2. The Balaban J connectivity index is 1.77. The number of carbonyl (C=O) groups excluding carboxylic acids is 1. The highest BCUT2D eigenvalue weighted by Gasteiger charge is 2.17. The van der Waals surface area contributed by atoms with Gasteiger partial charge in [-0.2, -0.15) is 0 Å². The fourth-order valence-electron chi connectivity index (χ4n) is 3.38. The maximum atomic E-state index is 11.5. The molecule has 0 amide bonds. The molecule has 4 aromatic rings. The highest BCUT2D eigenvalue weighted by Crippen LogP contribution is 2.34. The van der Waals surface area contributed by atoms with E-state index in [1.54, 1.807) is 0 Å². The van der Waals surface area contributed by atoms with Crippen LogP contribution in [0.15, 0.2) is 67.1 Å². The van der Waals surface area contributed by atoms with Gasteiger partial charge in [0.1, 0.15) is 12.1 Å². The van der Waals surface area contributed by atoms with Crippen LogP contribution >= 0.6 is 0 Å². The number of ether oxygens (including phenoxy) is 1. The Kier molecular flexibility index (Phi) is 4.97. The number of fused-ring (bicyclic) bond motifs is 1. The van der Waals surface area contributed by atoms with Crippen LogP contribution < -0.4 is 11.5 Å². The van der Waals surface area contributed by atoms with Gasteiger partial charge in [0.25, 0.3) is 0 Å². The van der Waals surface area contributed by atoms with Crippen molar-refractivity contribution >= 4 is 22.8 Å². The van der Waals surface area contributed by atoms with Crippen LogP contribution in [0.5, 0.6) is 0 Å². The standard InChI is InChI=1S/C22H21N5O2/c1-29-19(28)11-18(23)15-9-7-14(8-10-15)17-12-27(16-5-3-2-4-6-16)22-20(17)21(24)25-13-26-22/h2-10,12-13,18H,11,23H2,1H3,(H2,24,25,26)/t18-/m1/s1. The molecule has 7 nitrogen and oxygen atoms in total. The lowest BCUT2D eigenvalue weighted by Crippen LogP contribution is -2.16. The fraction of sp³-hybridized carbons (Fsp3) is 0.136. The molecule has 0 aliphatic heterocycles. The molecule has 0 saturated heterocycles. The van der Waals surface area contributed by atoms with E-state index in [0.717, 1.165) is 33.4 Å². The van der Waals surface area contributed by atoms with Crippen molar-refractivity contribution in [2.24, 2.45) is 5.73 Å². The first-order chi connectivity index (χ1) is 14.1. The Bertz CT molecular complexity index is 1150. The van der Waals surface area contributed by atoms with Crippen molar-refractivity contribution in [3.63, 3.8) is 0 Å². The predicted octanol–water partition coefficient (Wildman–Crippen LogP) is 3.23. The molecule has 4 rings (SSSR count). The summed E-state index contributed by atoms with van der Waals surface area (Å²) in [6.45, 7) is 0. The third kappa shape index (κ3) is 3.55. The zero-order valence-corrected chi connectivity index (χ0v) is 15.9. The van der Waals surface area contributed by atoms with Gasteiger partial charge in [0.05, 0.1) is 18.9 Å². The molecule has 0 fully saturated rings. The van der Waals surface area contributed by atoms with E-state index in [1.165, 1.54) is 13.4 Å². The van der Waals surface area contributed by atoms with E-state index >= 15 is 0 Å². The number of nitrogens with zero attached hydrogens (tertiary/aromatic N) is 3. The fourth-order valence-corrected chi connectivity index (χ4v) is 3.38. The normalized spacial score (nSPS) is 12.1. The lowest BCUT2D eigenvalue weighted by Gasteiger charge is -2.11. The molecule has 0 radical (unpaired) electrons. The van der Waals surface area contributed by atoms with Gasteiger partial charge in [0, 0.05) is 23.5 Å². The van der Waals surface area contributed by atoms with E-state index in [1.807, 2.05) is 65.4 Å². The number of benzene rings is 2. The highest BCUT2D eigenvalue weighted by atomic mass is 16.5. The van der Waals surface area contributed by atoms with Crippen LogP contribution in [0, 0.1) is 0 Å². The topological polar surface area (TPSA) is 109 Å². The van der Waals surface area contributed by atoms with Crippen LogP contribution in [0.25, 0.3) is 27.8 Å². The third-order valence-electron chi connectivity index (χ3n) is 4.91. The van der Waals surface area contributed by atoms with Gasteiger partial charge >= 0.3 is 5.97 Å². The number of carbonyl (C=O) groups is 1. The molecule has 0 saturated carbocycles. The van der Waals surface area contributed by atoms with Crippen LogP contribution in [0.2, 0.25) is 0 Å². The van der Waals surface area contributed by atoms with E-state index in [0.29, 0.717) is 5.82 Å². The number of methoxy groups -OCH3 is 1. The summed E-state index contributed by atoms with van der Waals surface area (Å²) in [4.78, 5) is 20.1. The average molecular weight is 387 g/mol. The van der Waals surface area contributed by atoms with Crippen LogP contribution in [0.1, 0.15) is 18.0 Å². The number of esters is 1. The highest BCUT2D eigenvalue weighted by molar-refractivity contribution is 6.01. The maximum Gasteiger partial charge on any atom is 0.307 e. The van der Waals surface area contributed by atoms with Crippen molar-refractivity contribution in [3.05, 3.63) is 72.7 Å². The number of nitrogens with two attached hydrogens (primary N) is 2. The van der Waals surface area contributed by atoms with Gasteiger partial charge in [-0.3, -0.25) is 4.79 Å². The zero-order chi connectivity index (χ0) is 20.4. The van der Waals surface area contributed by atoms with Gasteiger partial charge in [-0.05, 0) is 23.3 Å². The molecule has 0 unspecified atom stereocenters. The molecule has 7 heteroatoms. The molecule has 0 bridgehead atoms. The maximum absolute atomic E-state index is 11.5. The molecular weight excluding hydrogens is 366 g/mol. The first-order valence-electron chi connectivity index (χ1n) is 9.18. The summed E-state index contributed by atoms with van der Waals surface area (Å²) in [6, 6.07) is 17.3. The second-order valence-corrected chi connectivity index (χ2v) is 6.71. The lowest BCUT2D eigenvalue weighted by atomic mass is 10.00. The Morgan fingerprint density at radius 3 is 2.52 bits per heavy atom. The van der Waals surface area contributed by atoms with Crippen molar-refractivity contribution in [1.82, 2.24) is 14.5 Å². The number of aromatic nitrogens is 3. The molecular formula is C22H21N5O2. The zero-order valence-electron chi connectivity index (χ0n) is 15.9. The lowest BCUT2D eigenvalue weighted by molar-refractivity contribution is -0.141. The summed E-state index contributed by atoms with van der Waals surface area (Å²) in [5.41, 5.74) is 16.8. The van der Waals surface area contributed by atoms with Crippen LogP contribution in [-0.2, 0) is 9.53 Å². The number of rotatable bonds is 5. The van der Waals surface area contributed by atoms with E-state index in [9.17, 15) is 4.79 Å². The predicted molar refractivity (Wildman–Crippen MR) is 112 cm³/mol. The van der Waals surface area contributed by atoms with Crippen molar-refractivity contribution in [2.45, 2.75) is 12.5 Å². The Hall–Kier alpha value is -3.71. The summed E-state index contributed by atoms with van der Waals surface area (Å²) in [5.74, 6) is 0.0866. The Labute approximate surface area is 168 Å². The number of nitrogen functional groups attached to an aromatic ring is 1. The summed E-state index contributed by atoms with van der Waals surface area (Å²) in [5, 5.41) is 0.794. The molecule has 29 heavy (non-hydrogen) atoms. The van der Waals surface area contributed by atoms with Crippen molar-refractivity contribution in [1.29, 1.82) is 0 Å². The van der Waals surface area contributed by atoms with Crippen LogP contribution in [-0.4, -0.2) is 27.6 Å². The molecule has 0 spiro atoms. The third-order valence-corrected chi connectivity index (χ3v) is 4.91. The first kappa shape index (κ1) is 18.6. The molecule has 2 aromatic carbocycles. The molecule has 0 aliphatic carbocycles. The van der Waals surface area contributed by atoms with Gasteiger partial charge < -0.3 is 20.8 Å². The molecule has 4 N–H and O–H groups in total. The summed E-state index contributed by atoms with van der Waals surface area (Å²) in [6.07, 6.45) is 3.61. The van der Waals surface area contributed by atoms with Gasteiger partial charge in [-0.15, -0.1) is 0 Å². The number of hydrogen-bond acceptors (Lipinski definition) is 6. The second kappa shape index (κ2) is 7.73. The molecule has 2 aromatic heterocycles. The van der Waals surface area contributed by atoms with Gasteiger partial charge in [0.15, 0.2) is 5.65 Å². The molecule has 2 heterocycles. The largest absolute Gasteiger partial charge is 0.469 e. The quantitative estimate of drug-likeness (QED) is 0.509. The monoisotopic (exact) mass is 387 g/mol. The molecule has 0 aliphatic rings. The van der Waals surface area contributed by atoms with Crippen LogP contribution in [0.4, 0.5) is 5.82 Å². The van der Waals surface area contributed by atoms with Gasteiger partial charge in [-0.1, -0.05) is 42.5 Å². The van der Waals surface area contributed by atoms with E-state index in [-0.39, 0.29) is 12.4 Å². The SMILES string of the molecule is COC(=O)C[C@@H](N)c1ccc(-c2cn(-c3ccccc3)c3ncnc(N)c23)cc1.